The third kappa shape index (κ3) is 1.64. The Morgan fingerprint density at radius 3 is 2.67 bits per heavy atom. The summed E-state index contributed by atoms with van der Waals surface area (Å²) < 4.78 is 5.78. The van der Waals surface area contributed by atoms with Crippen LogP contribution in [-0.2, 0) is 0 Å². The van der Waals surface area contributed by atoms with E-state index in [0.29, 0.717) is 17.2 Å². The Morgan fingerprint density at radius 2 is 1.89 bits per heavy atom. The molecule has 0 saturated carbocycles. The van der Waals surface area contributed by atoms with Crippen molar-refractivity contribution in [3.8, 4) is 11.5 Å². The van der Waals surface area contributed by atoms with Gasteiger partial charge >= 0.3 is 0 Å². The molecule has 0 unspecified atom stereocenters. The maximum atomic E-state index is 5.95. The summed E-state index contributed by atoms with van der Waals surface area (Å²) in [6.45, 7) is 4.04. The number of hydrogen-bond donors (Lipinski definition) is 1. The SMILES string of the molecule is Cc1cc(N)c2oc(-c3ccccc3C)nc2c1. The summed E-state index contributed by atoms with van der Waals surface area (Å²) in [6, 6.07) is 11.9. The van der Waals surface area contributed by atoms with Crippen molar-refractivity contribution in [3.05, 3.63) is 47.5 Å². The minimum Gasteiger partial charge on any atom is -0.434 e. The van der Waals surface area contributed by atoms with Gasteiger partial charge in [0.15, 0.2) is 5.58 Å². The second-order valence-electron chi connectivity index (χ2n) is 4.54. The van der Waals surface area contributed by atoms with E-state index >= 15 is 0 Å². The van der Waals surface area contributed by atoms with E-state index in [-0.39, 0.29) is 0 Å². The number of nitrogens with zero attached hydrogens (tertiary/aromatic N) is 1. The molecule has 2 aromatic carbocycles. The van der Waals surface area contributed by atoms with Gasteiger partial charge in [-0.25, -0.2) is 4.98 Å². The maximum Gasteiger partial charge on any atom is 0.227 e. The van der Waals surface area contributed by atoms with Crippen LogP contribution < -0.4 is 5.73 Å². The minimum absolute atomic E-state index is 0.625. The van der Waals surface area contributed by atoms with E-state index in [1.165, 1.54) is 0 Å². The largest absolute Gasteiger partial charge is 0.434 e. The molecule has 0 fully saturated rings. The molecule has 0 radical (unpaired) electrons. The van der Waals surface area contributed by atoms with Gasteiger partial charge in [-0.1, -0.05) is 18.2 Å². The molecule has 0 atom stereocenters. The number of anilines is 1. The first-order valence-electron chi connectivity index (χ1n) is 5.88. The lowest BCUT2D eigenvalue weighted by Crippen LogP contribution is -1.86. The number of oxazole rings is 1. The molecular formula is C15H14N2O. The first-order chi connectivity index (χ1) is 8.65. The van der Waals surface area contributed by atoms with E-state index in [9.17, 15) is 0 Å². The van der Waals surface area contributed by atoms with Crippen molar-refractivity contribution in [1.29, 1.82) is 0 Å². The number of rotatable bonds is 1. The first-order valence-corrected chi connectivity index (χ1v) is 5.88. The third-order valence-electron chi connectivity index (χ3n) is 3.04. The highest BCUT2D eigenvalue weighted by atomic mass is 16.3. The van der Waals surface area contributed by atoms with Gasteiger partial charge in [0.2, 0.25) is 5.89 Å². The van der Waals surface area contributed by atoms with E-state index in [1.807, 2.05) is 50.2 Å². The zero-order valence-electron chi connectivity index (χ0n) is 10.4. The molecular weight excluding hydrogens is 224 g/mol. The highest BCUT2D eigenvalue weighted by Crippen LogP contribution is 2.30. The van der Waals surface area contributed by atoms with Gasteiger partial charge in [-0.15, -0.1) is 0 Å². The van der Waals surface area contributed by atoms with Gasteiger partial charge in [0, 0.05) is 5.56 Å². The molecule has 3 heteroatoms. The van der Waals surface area contributed by atoms with E-state index in [0.717, 1.165) is 22.2 Å². The van der Waals surface area contributed by atoms with E-state index in [2.05, 4.69) is 4.98 Å². The number of hydrogen-bond acceptors (Lipinski definition) is 3. The van der Waals surface area contributed by atoms with Crippen molar-refractivity contribution in [3.63, 3.8) is 0 Å². The highest BCUT2D eigenvalue weighted by molar-refractivity contribution is 5.87. The Balaban J connectivity index is 2.26. The van der Waals surface area contributed by atoms with Gasteiger partial charge < -0.3 is 10.2 Å². The van der Waals surface area contributed by atoms with Crippen LogP contribution in [0.3, 0.4) is 0 Å². The quantitative estimate of drug-likeness (QED) is 0.658. The molecule has 1 heterocycles. The second kappa shape index (κ2) is 3.88. The van der Waals surface area contributed by atoms with Crippen molar-refractivity contribution >= 4 is 16.8 Å². The molecule has 3 nitrogen and oxygen atoms in total. The van der Waals surface area contributed by atoms with Crippen LogP contribution in [0.15, 0.2) is 40.8 Å². The average Bonchev–Trinajstić information content (AvgIpc) is 2.73. The van der Waals surface area contributed by atoms with Crippen LogP contribution in [-0.4, -0.2) is 4.98 Å². The molecule has 0 saturated heterocycles. The lowest BCUT2D eigenvalue weighted by atomic mass is 10.1. The summed E-state index contributed by atoms with van der Waals surface area (Å²) in [4.78, 5) is 4.52. The summed E-state index contributed by atoms with van der Waals surface area (Å²) in [5.74, 6) is 0.625. The molecule has 3 aromatic rings. The van der Waals surface area contributed by atoms with Gasteiger partial charge in [-0.05, 0) is 43.2 Å². The van der Waals surface area contributed by atoms with Crippen molar-refractivity contribution < 1.29 is 4.42 Å². The fraction of sp³-hybridized carbons (Fsp3) is 0.133. The fourth-order valence-electron chi connectivity index (χ4n) is 2.13. The molecule has 0 bridgehead atoms. The fourth-order valence-corrected chi connectivity index (χ4v) is 2.13. The second-order valence-corrected chi connectivity index (χ2v) is 4.54. The Kier molecular flexibility index (Phi) is 2.33. The summed E-state index contributed by atoms with van der Waals surface area (Å²) >= 11 is 0. The van der Waals surface area contributed by atoms with Crippen LogP contribution in [0.25, 0.3) is 22.6 Å². The molecule has 0 aliphatic carbocycles. The summed E-state index contributed by atoms with van der Waals surface area (Å²) in [5.41, 5.74) is 11.3. The number of aryl methyl sites for hydroxylation is 2. The van der Waals surface area contributed by atoms with Gasteiger partial charge in [0.1, 0.15) is 5.52 Å². The molecule has 90 valence electrons. The Hall–Kier alpha value is -2.29. The van der Waals surface area contributed by atoms with E-state index in [1.54, 1.807) is 0 Å². The van der Waals surface area contributed by atoms with Gasteiger partial charge in [-0.2, -0.15) is 0 Å². The van der Waals surface area contributed by atoms with Crippen LogP contribution in [0.4, 0.5) is 5.69 Å². The molecule has 18 heavy (non-hydrogen) atoms. The third-order valence-corrected chi connectivity index (χ3v) is 3.04. The summed E-state index contributed by atoms with van der Waals surface area (Å²) in [6.07, 6.45) is 0. The van der Waals surface area contributed by atoms with Crippen LogP contribution in [0.5, 0.6) is 0 Å². The van der Waals surface area contributed by atoms with Crippen molar-refractivity contribution in [2.75, 3.05) is 5.73 Å². The number of nitrogen functional groups attached to an aromatic ring is 1. The molecule has 1 aromatic heterocycles. The molecule has 0 spiro atoms. The predicted molar refractivity (Wildman–Crippen MR) is 73.3 cm³/mol. The minimum atomic E-state index is 0.625. The normalized spacial score (nSPS) is 11.0. The number of fused-ring (bicyclic) bond motifs is 1. The topological polar surface area (TPSA) is 52.0 Å². The molecule has 0 amide bonds. The Labute approximate surface area is 105 Å². The smallest absolute Gasteiger partial charge is 0.227 e. The Morgan fingerprint density at radius 1 is 1.11 bits per heavy atom. The summed E-state index contributed by atoms with van der Waals surface area (Å²) in [7, 11) is 0. The maximum absolute atomic E-state index is 5.95. The van der Waals surface area contributed by atoms with Gasteiger partial charge in [-0.3, -0.25) is 0 Å². The molecule has 2 N–H and O–H groups in total. The van der Waals surface area contributed by atoms with Crippen molar-refractivity contribution in [2.24, 2.45) is 0 Å². The average molecular weight is 238 g/mol. The number of benzene rings is 2. The molecule has 3 rings (SSSR count). The number of aromatic nitrogens is 1. The van der Waals surface area contributed by atoms with E-state index in [4.69, 9.17) is 10.2 Å². The zero-order chi connectivity index (χ0) is 12.7. The van der Waals surface area contributed by atoms with Crippen LogP contribution in [0, 0.1) is 13.8 Å². The monoisotopic (exact) mass is 238 g/mol. The van der Waals surface area contributed by atoms with Crippen molar-refractivity contribution in [2.45, 2.75) is 13.8 Å². The van der Waals surface area contributed by atoms with Crippen molar-refractivity contribution in [1.82, 2.24) is 4.98 Å². The van der Waals surface area contributed by atoms with E-state index < -0.39 is 0 Å². The van der Waals surface area contributed by atoms with Crippen LogP contribution in [0.1, 0.15) is 11.1 Å². The summed E-state index contributed by atoms with van der Waals surface area (Å²) in [5, 5.41) is 0. The van der Waals surface area contributed by atoms with Gasteiger partial charge in [0.25, 0.3) is 0 Å². The zero-order valence-corrected chi connectivity index (χ0v) is 10.4. The molecule has 0 aliphatic rings. The highest BCUT2D eigenvalue weighted by Gasteiger charge is 2.12. The first kappa shape index (κ1) is 10.8. The predicted octanol–water partition coefficient (Wildman–Crippen LogP) is 3.69. The van der Waals surface area contributed by atoms with Gasteiger partial charge in [0.05, 0.1) is 5.69 Å². The number of nitrogens with two attached hydrogens (primary N) is 1. The Bertz CT molecular complexity index is 728. The molecule has 0 aliphatic heterocycles. The standard InChI is InChI=1S/C15H14N2O/c1-9-7-12(16)14-13(8-9)17-15(18-14)11-6-4-3-5-10(11)2/h3-8H,16H2,1-2H3. The van der Waals surface area contributed by atoms with Crippen LogP contribution in [0.2, 0.25) is 0 Å². The van der Waals surface area contributed by atoms with Crippen LogP contribution >= 0.6 is 0 Å². The lowest BCUT2D eigenvalue weighted by Gasteiger charge is -1.99. The lowest BCUT2D eigenvalue weighted by molar-refractivity contribution is 0.620.